The molecule has 0 radical (unpaired) electrons. The predicted molar refractivity (Wildman–Crippen MR) is 107 cm³/mol. The summed E-state index contributed by atoms with van der Waals surface area (Å²) < 4.78 is 41.3. The van der Waals surface area contributed by atoms with E-state index in [1.807, 2.05) is 43.5 Å². The standard InChI is InChI=1S/C19H23FN2O3S2/c1-14(15-8-4-3-5-9-15)21-19(23)17(12-13-26-2)22-27(24,25)18-11-7-6-10-16(18)20/h3-11,14,17,22H,12-13H2,1-2H3,(H,21,23)/t14-,17-/m1/s1. The van der Waals surface area contributed by atoms with Crippen molar-refractivity contribution < 1.29 is 17.6 Å². The summed E-state index contributed by atoms with van der Waals surface area (Å²) >= 11 is 1.50. The van der Waals surface area contributed by atoms with Crippen LogP contribution in [0.3, 0.4) is 0 Å². The highest BCUT2D eigenvalue weighted by Crippen LogP contribution is 2.16. The lowest BCUT2D eigenvalue weighted by molar-refractivity contribution is -0.123. The number of amides is 1. The summed E-state index contributed by atoms with van der Waals surface area (Å²) in [6, 6.07) is 13.2. The molecule has 0 saturated carbocycles. The van der Waals surface area contributed by atoms with E-state index in [0.29, 0.717) is 12.2 Å². The molecule has 0 saturated heterocycles. The molecule has 0 aliphatic carbocycles. The smallest absolute Gasteiger partial charge is 0.244 e. The van der Waals surface area contributed by atoms with Crippen molar-refractivity contribution >= 4 is 27.7 Å². The molecule has 5 nitrogen and oxygen atoms in total. The molecule has 0 spiro atoms. The quantitative estimate of drug-likeness (QED) is 0.666. The maximum atomic E-state index is 13.9. The van der Waals surface area contributed by atoms with Crippen molar-refractivity contribution in [3.8, 4) is 0 Å². The molecule has 0 heterocycles. The first-order valence-corrected chi connectivity index (χ1v) is 11.3. The summed E-state index contributed by atoms with van der Waals surface area (Å²) in [5, 5.41) is 2.82. The van der Waals surface area contributed by atoms with Crippen LogP contribution in [0.5, 0.6) is 0 Å². The molecule has 2 aromatic rings. The second-order valence-electron chi connectivity index (χ2n) is 6.03. The first-order chi connectivity index (χ1) is 12.8. The van der Waals surface area contributed by atoms with Crippen LogP contribution in [0, 0.1) is 5.82 Å². The molecule has 0 unspecified atom stereocenters. The second kappa shape index (κ2) is 9.87. The van der Waals surface area contributed by atoms with Crippen LogP contribution in [-0.2, 0) is 14.8 Å². The van der Waals surface area contributed by atoms with Crippen molar-refractivity contribution in [3.05, 3.63) is 66.0 Å². The number of hydrogen-bond acceptors (Lipinski definition) is 4. The number of rotatable bonds is 9. The molecule has 0 aliphatic heterocycles. The fourth-order valence-electron chi connectivity index (χ4n) is 2.53. The minimum absolute atomic E-state index is 0.284. The minimum Gasteiger partial charge on any atom is -0.348 e. The van der Waals surface area contributed by atoms with Gasteiger partial charge in [0.1, 0.15) is 16.8 Å². The molecule has 2 atom stereocenters. The molecule has 2 N–H and O–H groups in total. The summed E-state index contributed by atoms with van der Waals surface area (Å²) in [7, 11) is -4.16. The highest BCUT2D eigenvalue weighted by atomic mass is 32.2. The van der Waals surface area contributed by atoms with Crippen LogP contribution in [0.15, 0.2) is 59.5 Å². The zero-order valence-corrected chi connectivity index (χ0v) is 16.8. The van der Waals surface area contributed by atoms with Crippen LogP contribution >= 0.6 is 11.8 Å². The number of nitrogens with one attached hydrogen (secondary N) is 2. The first-order valence-electron chi connectivity index (χ1n) is 8.46. The molecule has 2 aromatic carbocycles. The molecule has 8 heteroatoms. The van der Waals surface area contributed by atoms with E-state index >= 15 is 0 Å². The van der Waals surface area contributed by atoms with Crippen LogP contribution in [0.2, 0.25) is 0 Å². The van der Waals surface area contributed by atoms with E-state index in [1.54, 1.807) is 0 Å². The minimum atomic E-state index is -4.16. The van der Waals surface area contributed by atoms with E-state index in [0.717, 1.165) is 11.6 Å². The third-order valence-corrected chi connectivity index (χ3v) is 6.16. The Morgan fingerprint density at radius 1 is 1.11 bits per heavy atom. The van der Waals surface area contributed by atoms with Crippen molar-refractivity contribution in [2.45, 2.75) is 30.3 Å². The second-order valence-corrected chi connectivity index (χ2v) is 8.69. The predicted octanol–water partition coefficient (Wildman–Crippen LogP) is 3.10. The highest BCUT2D eigenvalue weighted by molar-refractivity contribution is 7.98. The molecule has 146 valence electrons. The lowest BCUT2D eigenvalue weighted by Gasteiger charge is -2.21. The fourth-order valence-corrected chi connectivity index (χ4v) is 4.31. The van der Waals surface area contributed by atoms with Crippen molar-refractivity contribution in [2.75, 3.05) is 12.0 Å². The van der Waals surface area contributed by atoms with Gasteiger partial charge in [0.25, 0.3) is 0 Å². The van der Waals surface area contributed by atoms with Gasteiger partial charge >= 0.3 is 0 Å². The highest BCUT2D eigenvalue weighted by Gasteiger charge is 2.28. The van der Waals surface area contributed by atoms with Gasteiger partial charge in [-0.1, -0.05) is 42.5 Å². The monoisotopic (exact) mass is 410 g/mol. The van der Waals surface area contributed by atoms with Gasteiger partial charge in [-0.2, -0.15) is 16.5 Å². The number of sulfonamides is 1. The molecule has 0 aromatic heterocycles. The van der Waals surface area contributed by atoms with Gasteiger partial charge in [-0.15, -0.1) is 0 Å². The Bertz CT molecular complexity index is 860. The molecule has 0 fully saturated rings. The third-order valence-electron chi connectivity index (χ3n) is 4.01. The number of carbonyl (C=O) groups is 1. The van der Waals surface area contributed by atoms with Gasteiger partial charge in [0, 0.05) is 0 Å². The van der Waals surface area contributed by atoms with Crippen LogP contribution in [-0.4, -0.2) is 32.4 Å². The van der Waals surface area contributed by atoms with E-state index in [1.165, 1.54) is 30.0 Å². The first kappa shape index (κ1) is 21.4. The Morgan fingerprint density at radius 2 is 1.74 bits per heavy atom. The van der Waals surface area contributed by atoms with E-state index in [-0.39, 0.29) is 6.04 Å². The molecule has 0 bridgehead atoms. The number of benzene rings is 2. The molecular formula is C19H23FN2O3S2. The third kappa shape index (κ3) is 6.05. The van der Waals surface area contributed by atoms with Crippen LogP contribution < -0.4 is 10.0 Å². The summed E-state index contributed by atoms with van der Waals surface area (Å²) in [6.07, 6.45) is 2.16. The fraction of sp³-hybridized carbons (Fsp3) is 0.316. The van der Waals surface area contributed by atoms with Crippen LogP contribution in [0.4, 0.5) is 4.39 Å². The van der Waals surface area contributed by atoms with Gasteiger partial charge in [-0.25, -0.2) is 12.8 Å². The average Bonchev–Trinajstić information content (AvgIpc) is 2.65. The molecule has 27 heavy (non-hydrogen) atoms. The van der Waals surface area contributed by atoms with E-state index in [2.05, 4.69) is 10.0 Å². The number of thioether (sulfide) groups is 1. The number of halogens is 1. The van der Waals surface area contributed by atoms with Crippen molar-refractivity contribution in [1.82, 2.24) is 10.0 Å². The Hall–Kier alpha value is -1.90. The van der Waals surface area contributed by atoms with Gasteiger partial charge < -0.3 is 5.32 Å². The van der Waals surface area contributed by atoms with E-state index in [4.69, 9.17) is 0 Å². The lowest BCUT2D eigenvalue weighted by Crippen LogP contribution is -2.47. The largest absolute Gasteiger partial charge is 0.348 e. The Balaban J connectivity index is 2.16. The summed E-state index contributed by atoms with van der Waals surface area (Å²) in [5.41, 5.74) is 0.909. The van der Waals surface area contributed by atoms with Crippen LogP contribution in [0.1, 0.15) is 24.9 Å². The molecule has 2 rings (SSSR count). The zero-order chi connectivity index (χ0) is 19.9. The van der Waals surface area contributed by atoms with Gasteiger partial charge in [-0.05, 0) is 43.0 Å². The van der Waals surface area contributed by atoms with Gasteiger partial charge in [-0.3, -0.25) is 4.79 Å². The summed E-state index contributed by atoms with van der Waals surface area (Å²) in [5.74, 6) is -0.718. The SMILES string of the molecule is CSCC[C@@H](NS(=O)(=O)c1ccccc1F)C(=O)N[C@H](C)c1ccccc1. The Morgan fingerprint density at radius 3 is 2.37 bits per heavy atom. The van der Waals surface area contributed by atoms with Gasteiger partial charge in [0.05, 0.1) is 6.04 Å². The number of hydrogen-bond donors (Lipinski definition) is 2. The average molecular weight is 411 g/mol. The lowest BCUT2D eigenvalue weighted by atomic mass is 10.1. The van der Waals surface area contributed by atoms with Crippen molar-refractivity contribution in [1.29, 1.82) is 0 Å². The summed E-state index contributed by atoms with van der Waals surface area (Å²) in [4.78, 5) is 12.2. The maximum Gasteiger partial charge on any atom is 0.244 e. The van der Waals surface area contributed by atoms with Gasteiger partial charge in [0.15, 0.2) is 0 Å². The van der Waals surface area contributed by atoms with Crippen LogP contribution in [0.25, 0.3) is 0 Å². The number of carbonyl (C=O) groups excluding carboxylic acids is 1. The van der Waals surface area contributed by atoms with Crippen molar-refractivity contribution in [2.24, 2.45) is 0 Å². The zero-order valence-electron chi connectivity index (χ0n) is 15.2. The summed E-state index contributed by atoms with van der Waals surface area (Å²) in [6.45, 7) is 1.82. The van der Waals surface area contributed by atoms with E-state index < -0.39 is 32.7 Å². The molecule has 1 amide bonds. The maximum absolute atomic E-state index is 13.9. The van der Waals surface area contributed by atoms with E-state index in [9.17, 15) is 17.6 Å². The molecule has 0 aliphatic rings. The normalized spacial score (nSPS) is 13.7. The van der Waals surface area contributed by atoms with Gasteiger partial charge in [0.2, 0.25) is 15.9 Å². The topological polar surface area (TPSA) is 75.3 Å². The Labute approximate surface area is 163 Å². The van der Waals surface area contributed by atoms with Crippen molar-refractivity contribution in [3.63, 3.8) is 0 Å². The Kier molecular flexibility index (Phi) is 7.82. The molecular weight excluding hydrogens is 387 g/mol.